The van der Waals surface area contributed by atoms with Crippen molar-refractivity contribution in [3.8, 4) is 0 Å². The average Bonchev–Trinajstić information content (AvgIpc) is 2.83. The maximum atomic E-state index is 12.6. The molecule has 0 aromatic heterocycles. The minimum Gasteiger partial charge on any atom is -0.368 e. The first kappa shape index (κ1) is 15.0. The Bertz CT molecular complexity index is 299. The first-order valence-corrected chi connectivity index (χ1v) is 6.88. The Morgan fingerprint density at radius 3 is 2.56 bits per heavy atom. The standard InChI is InChI=1S/C13H25N3O2/c1-3-5-9-16(10-11(14)17)12(18)13(4-2)7-6-8-15-13/h15H,3-10H2,1-2H3,(H2,14,17). The average molecular weight is 255 g/mol. The van der Waals surface area contributed by atoms with Crippen molar-refractivity contribution in [2.75, 3.05) is 19.6 Å². The van der Waals surface area contributed by atoms with Crippen molar-refractivity contribution < 1.29 is 9.59 Å². The summed E-state index contributed by atoms with van der Waals surface area (Å²) in [6, 6.07) is 0. The minimum absolute atomic E-state index is 0.0300. The number of rotatable bonds is 7. The number of nitrogens with zero attached hydrogens (tertiary/aromatic N) is 1. The highest BCUT2D eigenvalue weighted by Crippen LogP contribution is 2.25. The first-order valence-electron chi connectivity index (χ1n) is 6.88. The van der Waals surface area contributed by atoms with Gasteiger partial charge in [0.1, 0.15) is 0 Å². The molecule has 18 heavy (non-hydrogen) atoms. The lowest BCUT2D eigenvalue weighted by molar-refractivity contribution is -0.141. The molecule has 1 aliphatic heterocycles. The van der Waals surface area contributed by atoms with Crippen LogP contribution in [0.15, 0.2) is 0 Å². The smallest absolute Gasteiger partial charge is 0.243 e. The fourth-order valence-electron chi connectivity index (χ4n) is 2.53. The van der Waals surface area contributed by atoms with Gasteiger partial charge in [0.15, 0.2) is 0 Å². The van der Waals surface area contributed by atoms with E-state index in [-0.39, 0.29) is 12.5 Å². The maximum absolute atomic E-state index is 12.6. The zero-order valence-corrected chi connectivity index (χ0v) is 11.5. The van der Waals surface area contributed by atoms with Crippen LogP contribution in [0.2, 0.25) is 0 Å². The molecule has 0 aromatic carbocycles. The van der Waals surface area contributed by atoms with E-state index < -0.39 is 11.4 Å². The summed E-state index contributed by atoms with van der Waals surface area (Å²) in [5, 5.41) is 3.31. The van der Waals surface area contributed by atoms with Crippen molar-refractivity contribution >= 4 is 11.8 Å². The molecule has 3 N–H and O–H groups in total. The quantitative estimate of drug-likeness (QED) is 0.700. The van der Waals surface area contributed by atoms with Crippen LogP contribution in [0.3, 0.4) is 0 Å². The van der Waals surface area contributed by atoms with Gasteiger partial charge in [-0.1, -0.05) is 20.3 Å². The predicted octanol–water partition coefficient (Wildman–Crippen LogP) is 0.633. The largest absolute Gasteiger partial charge is 0.368 e. The monoisotopic (exact) mass is 255 g/mol. The third-order valence-electron chi connectivity index (χ3n) is 3.67. The topological polar surface area (TPSA) is 75.4 Å². The van der Waals surface area contributed by atoms with E-state index in [1.165, 1.54) is 0 Å². The molecule has 1 saturated heterocycles. The van der Waals surface area contributed by atoms with E-state index in [4.69, 9.17) is 5.73 Å². The number of unbranched alkanes of at least 4 members (excludes halogenated alkanes) is 1. The van der Waals surface area contributed by atoms with E-state index in [1.807, 2.05) is 6.92 Å². The van der Waals surface area contributed by atoms with Gasteiger partial charge in [0, 0.05) is 6.54 Å². The lowest BCUT2D eigenvalue weighted by Crippen LogP contribution is -2.56. The summed E-state index contributed by atoms with van der Waals surface area (Å²) in [7, 11) is 0. The molecule has 1 fully saturated rings. The van der Waals surface area contributed by atoms with Crippen LogP contribution < -0.4 is 11.1 Å². The number of nitrogens with one attached hydrogen (secondary N) is 1. The zero-order valence-electron chi connectivity index (χ0n) is 11.5. The van der Waals surface area contributed by atoms with E-state index in [0.29, 0.717) is 6.54 Å². The van der Waals surface area contributed by atoms with Crippen LogP contribution in [0, 0.1) is 0 Å². The molecule has 5 nitrogen and oxygen atoms in total. The number of amides is 2. The van der Waals surface area contributed by atoms with Crippen LogP contribution in [0.4, 0.5) is 0 Å². The van der Waals surface area contributed by atoms with Gasteiger partial charge in [-0.2, -0.15) is 0 Å². The molecule has 0 aromatic rings. The number of carbonyl (C=O) groups is 2. The molecule has 2 amide bonds. The van der Waals surface area contributed by atoms with Gasteiger partial charge in [-0.25, -0.2) is 0 Å². The fourth-order valence-corrected chi connectivity index (χ4v) is 2.53. The molecule has 0 aliphatic carbocycles. The second-order valence-electron chi connectivity index (χ2n) is 5.01. The Balaban J connectivity index is 2.75. The fraction of sp³-hybridized carbons (Fsp3) is 0.846. The molecular weight excluding hydrogens is 230 g/mol. The van der Waals surface area contributed by atoms with Crippen molar-refractivity contribution in [3.05, 3.63) is 0 Å². The molecule has 1 unspecified atom stereocenters. The second kappa shape index (κ2) is 6.73. The second-order valence-corrected chi connectivity index (χ2v) is 5.01. The van der Waals surface area contributed by atoms with Crippen LogP contribution in [0.25, 0.3) is 0 Å². The molecule has 1 aliphatic rings. The number of nitrogens with two attached hydrogens (primary N) is 1. The Morgan fingerprint density at radius 2 is 2.11 bits per heavy atom. The third kappa shape index (κ3) is 3.45. The molecule has 0 bridgehead atoms. The molecular formula is C13H25N3O2. The van der Waals surface area contributed by atoms with Gasteiger partial charge in [0.25, 0.3) is 0 Å². The minimum atomic E-state index is -0.469. The highest BCUT2D eigenvalue weighted by atomic mass is 16.2. The summed E-state index contributed by atoms with van der Waals surface area (Å²) >= 11 is 0. The summed E-state index contributed by atoms with van der Waals surface area (Å²) in [4.78, 5) is 25.3. The maximum Gasteiger partial charge on any atom is 0.243 e. The normalized spacial score (nSPS) is 23.0. The van der Waals surface area contributed by atoms with E-state index in [0.717, 1.165) is 38.6 Å². The Labute approximate surface area is 109 Å². The molecule has 0 radical (unpaired) electrons. The summed E-state index contributed by atoms with van der Waals surface area (Å²) < 4.78 is 0. The summed E-state index contributed by atoms with van der Waals surface area (Å²) in [5.74, 6) is -0.404. The van der Waals surface area contributed by atoms with Crippen LogP contribution in [-0.2, 0) is 9.59 Å². The van der Waals surface area contributed by atoms with Gasteiger partial charge in [0.2, 0.25) is 11.8 Å². The van der Waals surface area contributed by atoms with Crippen LogP contribution >= 0.6 is 0 Å². The summed E-state index contributed by atoms with van der Waals surface area (Å²) in [5.41, 5.74) is 4.76. The van der Waals surface area contributed by atoms with Gasteiger partial charge in [0.05, 0.1) is 12.1 Å². The van der Waals surface area contributed by atoms with Gasteiger partial charge in [-0.3, -0.25) is 9.59 Å². The molecule has 104 valence electrons. The molecule has 0 spiro atoms. The van der Waals surface area contributed by atoms with Crippen molar-refractivity contribution in [2.24, 2.45) is 5.73 Å². The number of hydrogen-bond donors (Lipinski definition) is 2. The van der Waals surface area contributed by atoms with E-state index in [1.54, 1.807) is 4.90 Å². The van der Waals surface area contributed by atoms with Crippen molar-refractivity contribution in [3.63, 3.8) is 0 Å². The number of primary amides is 1. The molecule has 5 heteroatoms. The summed E-state index contributed by atoms with van der Waals surface area (Å²) in [6.45, 7) is 5.59. The van der Waals surface area contributed by atoms with Gasteiger partial charge < -0.3 is 16.0 Å². The van der Waals surface area contributed by atoms with Crippen molar-refractivity contribution in [1.82, 2.24) is 10.2 Å². The molecule has 1 atom stereocenters. The lowest BCUT2D eigenvalue weighted by atomic mass is 9.92. The van der Waals surface area contributed by atoms with E-state index >= 15 is 0 Å². The van der Waals surface area contributed by atoms with Gasteiger partial charge >= 0.3 is 0 Å². The highest BCUT2D eigenvalue weighted by Gasteiger charge is 2.41. The Hall–Kier alpha value is -1.10. The number of hydrogen-bond acceptors (Lipinski definition) is 3. The van der Waals surface area contributed by atoms with Gasteiger partial charge in [-0.15, -0.1) is 0 Å². The summed E-state index contributed by atoms with van der Waals surface area (Å²) in [6.07, 6.45) is 4.52. The van der Waals surface area contributed by atoms with Crippen molar-refractivity contribution in [2.45, 2.75) is 51.5 Å². The van der Waals surface area contributed by atoms with Crippen LogP contribution in [-0.4, -0.2) is 41.9 Å². The van der Waals surface area contributed by atoms with Crippen LogP contribution in [0.5, 0.6) is 0 Å². The lowest BCUT2D eigenvalue weighted by Gasteiger charge is -2.33. The van der Waals surface area contributed by atoms with Crippen LogP contribution in [0.1, 0.15) is 46.0 Å². The van der Waals surface area contributed by atoms with E-state index in [9.17, 15) is 9.59 Å². The zero-order chi connectivity index (χ0) is 13.6. The molecule has 1 heterocycles. The first-order chi connectivity index (χ1) is 8.55. The Kier molecular flexibility index (Phi) is 5.59. The number of carbonyl (C=O) groups excluding carboxylic acids is 2. The Morgan fingerprint density at radius 1 is 1.39 bits per heavy atom. The van der Waals surface area contributed by atoms with Gasteiger partial charge in [-0.05, 0) is 32.2 Å². The molecule has 1 rings (SSSR count). The highest BCUT2D eigenvalue weighted by molar-refractivity contribution is 5.90. The third-order valence-corrected chi connectivity index (χ3v) is 3.67. The van der Waals surface area contributed by atoms with E-state index in [2.05, 4.69) is 12.2 Å². The van der Waals surface area contributed by atoms with Crippen molar-refractivity contribution in [1.29, 1.82) is 0 Å². The SMILES string of the molecule is CCCCN(CC(N)=O)C(=O)C1(CC)CCCN1. The predicted molar refractivity (Wildman–Crippen MR) is 70.9 cm³/mol. The molecule has 0 saturated carbocycles.